The number of carbonyl (C=O) groups excluding carboxylic acids is 1. The van der Waals surface area contributed by atoms with Crippen LogP contribution in [0.3, 0.4) is 0 Å². The minimum absolute atomic E-state index is 0.0904. The molecule has 1 heterocycles. The number of aromatic carboxylic acids is 1. The Labute approximate surface area is 130 Å². The molecule has 2 N–H and O–H groups in total. The third-order valence-corrected chi connectivity index (χ3v) is 3.39. The van der Waals surface area contributed by atoms with E-state index < -0.39 is 40.4 Å². The molecule has 0 bridgehead atoms. The van der Waals surface area contributed by atoms with Crippen molar-refractivity contribution in [2.75, 3.05) is 11.9 Å². The minimum Gasteiger partial charge on any atom is -0.545 e. The molecule has 0 aliphatic carbocycles. The highest BCUT2D eigenvalue weighted by molar-refractivity contribution is 5.92. The van der Waals surface area contributed by atoms with Crippen LogP contribution in [0.25, 0.3) is 10.9 Å². The van der Waals surface area contributed by atoms with Crippen LogP contribution < -0.4 is 15.9 Å². The number of carboxylic acid groups (broad SMARTS) is 1. The van der Waals surface area contributed by atoms with Crippen LogP contribution in [-0.4, -0.2) is 28.3 Å². The molecule has 124 valence electrons. The van der Waals surface area contributed by atoms with E-state index in [0.717, 1.165) is 12.3 Å². The molecule has 2 aromatic rings. The number of hydrogen-bond donors (Lipinski definition) is 2. The van der Waals surface area contributed by atoms with Gasteiger partial charge in [-0.3, -0.25) is 4.79 Å². The fraction of sp³-hybridized carbons (Fsp3) is 0.333. The maximum Gasteiger partial charge on any atom is 0.198 e. The van der Waals surface area contributed by atoms with E-state index in [1.807, 2.05) is 0 Å². The van der Waals surface area contributed by atoms with Crippen molar-refractivity contribution in [2.24, 2.45) is 0 Å². The van der Waals surface area contributed by atoms with Crippen LogP contribution in [0.15, 0.2) is 17.1 Å². The second-order valence-corrected chi connectivity index (χ2v) is 5.12. The number of aliphatic hydroxyl groups is 1. The number of rotatable bonds is 5. The summed E-state index contributed by atoms with van der Waals surface area (Å²) < 4.78 is 29.9. The van der Waals surface area contributed by atoms with Gasteiger partial charge in [0.2, 0.25) is 0 Å². The quantitative estimate of drug-likeness (QED) is 0.833. The van der Waals surface area contributed by atoms with Crippen molar-refractivity contribution in [1.29, 1.82) is 0 Å². The highest BCUT2D eigenvalue weighted by atomic mass is 19.1. The van der Waals surface area contributed by atoms with E-state index in [9.17, 15) is 28.6 Å². The van der Waals surface area contributed by atoms with Crippen molar-refractivity contribution < 1.29 is 23.8 Å². The van der Waals surface area contributed by atoms with Gasteiger partial charge in [-0.2, -0.15) is 0 Å². The monoisotopic (exact) mass is 325 g/mol. The number of nitrogens with one attached hydrogen (secondary N) is 1. The third-order valence-electron chi connectivity index (χ3n) is 3.39. The Hall–Kier alpha value is -2.48. The van der Waals surface area contributed by atoms with E-state index >= 15 is 0 Å². The SMILES string of the molecule is CCn1cc(C(=O)[O-])c(=O)c2cc(F)c(NC[C@H](C)O)c(F)c21. The molecule has 0 spiro atoms. The van der Waals surface area contributed by atoms with Gasteiger partial charge in [-0.15, -0.1) is 0 Å². The number of pyridine rings is 1. The molecule has 1 atom stereocenters. The first kappa shape index (κ1) is 16.9. The lowest BCUT2D eigenvalue weighted by Crippen LogP contribution is -2.30. The number of hydrogen-bond acceptors (Lipinski definition) is 5. The minimum atomic E-state index is -1.71. The molecule has 0 aliphatic heterocycles. The molecular formula is C15H15F2N2O4-. The van der Waals surface area contributed by atoms with Crippen molar-refractivity contribution in [3.8, 4) is 0 Å². The predicted molar refractivity (Wildman–Crippen MR) is 78.3 cm³/mol. The molecule has 0 saturated carbocycles. The summed E-state index contributed by atoms with van der Waals surface area (Å²) in [6, 6.07) is 0.781. The molecule has 0 unspecified atom stereocenters. The summed E-state index contributed by atoms with van der Waals surface area (Å²) in [6.07, 6.45) is 0.137. The van der Waals surface area contributed by atoms with Gasteiger partial charge in [0, 0.05) is 19.3 Å². The Morgan fingerprint density at radius 2 is 2.13 bits per heavy atom. The molecule has 23 heavy (non-hydrogen) atoms. The smallest absolute Gasteiger partial charge is 0.198 e. The largest absolute Gasteiger partial charge is 0.545 e. The van der Waals surface area contributed by atoms with E-state index in [4.69, 9.17) is 0 Å². The Balaban J connectivity index is 2.81. The van der Waals surface area contributed by atoms with Crippen molar-refractivity contribution in [1.82, 2.24) is 4.57 Å². The van der Waals surface area contributed by atoms with Crippen LogP contribution in [0.4, 0.5) is 14.5 Å². The summed E-state index contributed by atoms with van der Waals surface area (Å²) in [4.78, 5) is 23.1. The zero-order valence-corrected chi connectivity index (χ0v) is 12.5. The van der Waals surface area contributed by atoms with Crippen molar-refractivity contribution in [3.63, 3.8) is 0 Å². The maximum atomic E-state index is 14.6. The van der Waals surface area contributed by atoms with E-state index in [2.05, 4.69) is 5.32 Å². The molecule has 6 nitrogen and oxygen atoms in total. The van der Waals surface area contributed by atoms with E-state index in [-0.39, 0.29) is 24.0 Å². The van der Waals surface area contributed by atoms with Crippen LogP contribution in [0.5, 0.6) is 0 Å². The third kappa shape index (κ3) is 3.02. The van der Waals surface area contributed by atoms with Crippen molar-refractivity contribution in [3.05, 3.63) is 39.7 Å². The molecule has 2 rings (SSSR count). The number of anilines is 1. The van der Waals surface area contributed by atoms with Gasteiger partial charge in [0.1, 0.15) is 11.5 Å². The van der Waals surface area contributed by atoms with Crippen molar-refractivity contribution >= 4 is 22.6 Å². The fourth-order valence-corrected chi connectivity index (χ4v) is 2.29. The highest BCUT2D eigenvalue weighted by Gasteiger charge is 2.20. The number of aliphatic hydroxyl groups excluding tert-OH is 1. The first-order valence-corrected chi connectivity index (χ1v) is 6.96. The molecule has 1 aromatic carbocycles. The van der Waals surface area contributed by atoms with Gasteiger partial charge >= 0.3 is 0 Å². The molecule has 1 aromatic heterocycles. The summed E-state index contributed by atoms with van der Waals surface area (Å²) in [5.74, 6) is -3.79. The molecule has 0 aliphatic rings. The van der Waals surface area contributed by atoms with Gasteiger partial charge in [0.25, 0.3) is 0 Å². The average Bonchev–Trinajstić information content (AvgIpc) is 2.47. The number of fused-ring (bicyclic) bond motifs is 1. The second kappa shape index (κ2) is 6.33. The number of aryl methyl sites for hydroxylation is 1. The Kier molecular flexibility index (Phi) is 4.65. The van der Waals surface area contributed by atoms with E-state index in [0.29, 0.717) is 0 Å². The van der Waals surface area contributed by atoms with Gasteiger partial charge in [-0.05, 0) is 19.9 Å². The van der Waals surface area contributed by atoms with E-state index in [1.165, 1.54) is 11.5 Å². The zero-order chi connectivity index (χ0) is 17.3. The van der Waals surface area contributed by atoms with Crippen LogP contribution in [0.1, 0.15) is 24.2 Å². The first-order chi connectivity index (χ1) is 10.8. The lowest BCUT2D eigenvalue weighted by Gasteiger charge is -2.16. The number of benzene rings is 1. The number of carboxylic acids is 1. The van der Waals surface area contributed by atoms with Gasteiger partial charge in [0.15, 0.2) is 11.2 Å². The molecular weight excluding hydrogens is 310 g/mol. The number of nitrogens with zero attached hydrogens (tertiary/aromatic N) is 1. The number of carbonyl (C=O) groups is 1. The van der Waals surface area contributed by atoms with Gasteiger partial charge in [-0.1, -0.05) is 0 Å². The summed E-state index contributed by atoms with van der Waals surface area (Å²) in [7, 11) is 0. The Morgan fingerprint density at radius 1 is 1.48 bits per heavy atom. The van der Waals surface area contributed by atoms with Crippen LogP contribution in [0, 0.1) is 11.6 Å². The molecule has 0 saturated heterocycles. The lowest BCUT2D eigenvalue weighted by atomic mass is 10.1. The molecule has 0 amide bonds. The normalized spacial score (nSPS) is 12.4. The maximum absolute atomic E-state index is 14.6. The van der Waals surface area contributed by atoms with Crippen molar-refractivity contribution in [2.45, 2.75) is 26.5 Å². The molecule has 8 heteroatoms. The molecule has 0 fully saturated rings. The van der Waals surface area contributed by atoms with Crippen LogP contribution in [-0.2, 0) is 6.54 Å². The Morgan fingerprint density at radius 3 is 2.65 bits per heavy atom. The summed E-state index contributed by atoms with van der Waals surface area (Å²) in [5, 5.41) is 22.3. The molecule has 0 radical (unpaired) electrons. The standard InChI is InChI=1S/C15H16F2N2O4/c1-3-19-6-9(15(22)23)14(21)8-4-10(16)12(11(17)13(8)19)18-5-7(2)20/h4,6-7,18,20H,3,5H2,1-2H3,(H,22,23)/p-1/t7-/m0/s1. The zero-order valence-electron chi connectivity index (χ0n) is 12.5. The Bertz CT molecular complexity index is 831. The number of halogens is 2. The fourth-order valence-electron chi connectivity index (χ4n) is 2.29. The van der Waals surface area contributed by atoms with Gasteiger partial charge < -0.3 is 24.9 Å². The summed E-state index contributed by atoms with van der Waals surface area (Å²) in [5.41, 5.74) is -2.37. The van der Waals surface area contributed by atoms with Crippen LogP contribution in [0.2, 0.25) is 0 Å². The first-order valence-electron chi connectivity index (χ1n) is 6.96. The second-order valence-electron chi connectivity index (χ2n) is 5.12. The predicted octanol–water partition coefficient (Wildman–Crippen LogP) is 0.456. The topological polar surface area (TPSA) is 94.4 Å². The number of aromatic nitrogens is 1. The van der Waals surface area contributed by atoms with Gasteiger partial charge in [0.05, 0.1) is 28.5 Å². The summed E-state index contributed by atoms with van der Waals surface area (Å²) in [6.45, 7) is 3.13. The van der Waals surface area contributed by atoms with E-state index in [1.54, 1.807) is 6.92 Å². The summed E-state index contributed by atoms with van der Waals surface area (Å²) >= 11 is 0. The van der Waals surface area contributed by atoms with Crippen LogP contribution >= 0.6 is 0 Å². The highest BCUT2D eigenvalue weighted by Crippen LogP contribution is 2.27. The lowest BCUT2D eigenvalue weighted by molar-refractivity contribution is -0.255. The van der Waals surface area contributed by atoms with Gasteiger partial charge in [-0.25, -0.2) is 8.78 Å². The average molecular weight is 325 g/mol.